The molecule has 1 aliphatic rings. The zero-order valence-corrected chi connectivity index (χ0v) is 12.6. The summed E-state index contributed by atoms with van der Waals surface area (Å²) in [4.78, 5) is 25.0. The fourth-order valence-electron chi connectivity index (χ4n) is 2.08. The van der Waals surface area contributed by atoms with Gasteiger partial charge in [0.25, 0.3) is 0 Å². The first-order chi connectivity index (χ1) is 9.25. The highest BCUT2D eigenvalue weighted by molar-refractivity contribution is 5.83. The van der Waals surface area contributed by atoms with E-state index < -0.39 is 17.4 Å². The Kier molecular flexibility index (Phi) is 5.56. The molecule has 0 spiro atoms. The predicted molar refractivity (Wildman–Crippen MR) is 75.6 cm³/mol. The summed E-state index contributed by atoms with van der Waals surface area (Å²) in [5, 5.41) is 11.8. The van der Waals surface area contributed by atoms with Crippen LogP contribution in [0.15, 0.2) is 11.6 Å². The summed E-state index contributed by atoms with van der Waals surface area (Å²) in [5.74, 6) is -1.02. The lowest BCUT2D eigenvalue weighted by atomic mass is 9.87. The van der Waals surface area contributed by atoms with Crippen molar-refractivity contribution in [2.24, 2.45) is 5.41 Å². The summed E-state index contributed by atoms with van der Waals surface area (Å²) in [6, 6.07) is -1.24. The van der Waals surface area contributed by atoms with Gasteiger partial charge in [-0.3, -0.25) is 0 Å². The molecule has 0 fully saturated rings. The van der Waals surface area contributed by atoms with E-state index in [1.165, 1.54) is 5.57 Å². The summed E-state index contributed by atoms with van der Waals surface area (Å²) in [6.45, 7) is 7.02. The number of ether oxygens (including phenoxy) is 1. The van der Waals surface area contributed by atoms with Gasteiger partial charge in [-0.2, -0.15) is 0 Å². The third-order valence-corrected chi connectivity index (χ3v) is 3.30. The first-order valence-corrected chi connectivity index (χ1v) is 6.70. The standard InChI is InChI=1S/C14H24N2O4/c1-14(2,3)11(12(17)18)15-13(19)16-7-5-10(6-8-16)9-20-4/h5,11H,6-9H2,1-4H3,(H,15,19)(H,17,18)/t11-/m0/s1. The van der Waals surface area contributed by atoms with Crippen LogP contribution >= 0.6 is 0 Å². The minimum Gasteiger partial charge on any atom is -0.480 e. The average molecular weight is 284 g/mol. The van der Waals surface area contributed by atoms with Gasteiger partial charge in [-0.15, -0.1) is 0 Å². The topological polar surface area (TPSA) is 78.9 Å². The number of amides is 2. The fraction of sp³-hybridized carbons (Fsp3) is 0.714. The zero-order valence-electron chi connectivity index (χ0n) is 12.6. The highest BCUT2D eigenvalue weighted by Crippen LogP contribution is 2.20. The van der Waals surface area contributed by atoms with Crippen LogP contribution in [-0.4, -0.2) is 54.9 Å². The van der Waals surface area contributed by atoms with E-state index in [1.807, 2.05) is 6.08 Å². The lowest BCUT2D eigenvalue weighted by Crippen LogP contribution is -2.54. The molecule has 0 aliphatic carbocycles. The lowest BCUT2D eigenvalue weighted by Gasteiger charge is -2.32. The molecule has 0 aromatic heterocycles. The van der Waals surface area contributed by atoms with Crippen LogP contribution in [0.1, 0.15) is 27.2 Å². The van der Waals surface area contributed by atoms with E-state index in [-0.39, 0.29) is 6.03 Å². The molecule has 0 saturated heterocycles. The molecular formula is C14H24N2O4. The molecule has 0 saturated carbocycles. The Bertz CT molecular complexity index is 398. The van der Waals surface area contributed by atoms with E-state index in [9.17, 15) is 14.7 Å². The van der Waals surface area contributed by atoms with Crippen molar-refractivity contribution < 1.29 is 19.4 Å². The van der Waals surface area contributed by atoms with E-state index in [2.05, 4.69) is 5.32 Å². The van der Waals surface area contributed by atoms with Gasteiger partial charge in [0.15, 0.2) is 0 Å². The Morgan fingerprint density at radius 1 is 1.50 bits per heavy atom. The highest BCUT2D eigenvalue weighted by atomic mass is 16.5. The number of nitrogens with one attached hydrogen (secondary N) is 1. The van der Waals surface area contributed by atoms with Crippen molar-refractivity contribution in [1.29, 1.82) is 0 Å². The summed E-state index contributed by atoms with van der Waals surface area (Å²) < 4.78 is 5.05. The first kappa shape index (κ1) is 16.5. The number of urea groups is 1. The Morgan fingerprint density at radius 3 is 2.55 bits per heavy atom. The second-order valence-electron chi connectivity index (χ2n) is 6.08. The summed E-state index contributed by atoms with van der Waals surface area (Å²) in [6.07, 6.45) is 2.72. The van der Waals surface area contributed by atoms with Gasteiger partial charge in [-0.25, -0.2) is 9.59 Å². The second-order valence-corrected chi connectivity index (χ2v) is 6.08. The van der Waals surface area contributed by atoms with Crippen molar-refractivity contribution in [3.63, 3.8) is 0 Å². The molecule has 1 rings (SSSR count). The largest absolute Gasteiger partial charge is 0.480 e. The van der Waals surface area contributed by atoms with Gasteiger partial charge in [0.05, 0.1) is 6.61 Å². The van der Waals surface area contributed by atoms with Crippen molar-refractivity contribution in [1.82, 2.24) is 10.2 Å². The van der Waals surface area contributed by atoms with Crippen molar-refractivity contribution in [2.75, 3.05) is 26.8 Å². The minimum absolute atomic E-state index is 0.333. The zero-order chi connectivity index (χ0) is 15.3. The van der Waals surface area contributed by atoms with Gasteiger partial charge < -0.3 is 20.1 Å². The Morgan fingerprint density at radius 2 is 2.15 bits per heavy atom. The molecule has 0 radical (unpaired) electrons. The summed E-state index contributed by atoms with van der Waals surface area (Å²) in [7, 11) is 1.64. The van der Waals surface area contributed by atoms with Crippen molar-refractivity contribution in [3.05, 3.63) is 11.6 Å². The number of hydrogen-bond donors (Lipinski definition) is 2. The average Bonchev–Trinajstić information content (AvgIpc) is 2.35. The molecular weight excluding hydrogens is 260 g/mol. The van der Waals surface area contributed by atoms with Crippen LogP contribution in [-0.2, 0) is 9.53 Å². The quantitative estimate of drug-likeness (QED) is 0.766. The molecule has 0 unspecified atom stereocenters. The summed E-state index contributed by atoms with van der Waals surface area (Å²) >= 11 is 0. The maximum atomic E-state index is 12.1. The van der Waals surface area contributed by atoms with E-state index >= 15 is 0 Å². The van der Waals surface area contributed by atoms with Gasteiger partial charge >= 0.3 is 12.0 Å². The number of carboxylic acids is 1. The Hall–Kier alpha value is -1.56. The Balaban J connectivity index is 2.61. The first-order valence-electron chi connectivity index (χ1n) is 6.70. The molecule has 6 nitrogen and oxygen atoms in total. The van der Waals surface area contributed by atoms with Crippen LogP contribution in [0.25, 0.3) is 0 Å². The number of carbonyl (C=O) groups is 2. The van der Waals surface area contributed by atoms with E-state index in [0.717, 1.165) is 6.42 Å². The van der Waals surface area contributed by atoms with E-state index in [4.69, 9.17) is 4.74 Å². The van der Waals surface area contributed by atoms with Crippen molar-refractivity contribution in [3.8, 4) is 0 Å². The maximum absolute atomic E-state index is 12.1. The van der Waals surface area contributed by atoms with Gasteiger partial charge in [-0.1, -0.05) is 26.8 Å². The van der Waals surface area contributed by atoms with Gasteiger partial charge in [0, 0.05) is 20.2 Å². The van der Waals surface area contributed by atoms with Crippen LogP contribution in [0.5, 0.6) is 0 Å². The van der Waals surface area contributed by atoms with Crippen LogP contribution in [0.4, 0.5) is 4.79 Å². The smallest absolute Gasteiger partial charge is 0.326 e. The highest BCUT2D eigenvalue weighted by Gasteiger charge is 2.33. The predicted octanol–water partition coefficient (Wildman–Crippen LogP) is 1.47. The molecule has 20 heavy (non-hydrogen) atoms. The van der Waals surface area contributed by atoms with Crippen molar-refractivity contribution >= 4 is 12.0 Å². The van der Waals surface area contributed by atoms with Gasteiger partial charge in [0.1, 0.15) is 6.04 Å². The van der Waals surface area contributed by atoms with Crippen LogP contribution in [0.2, 0.25) is 0 Å². The summed E-state index contributed by atoms with van der Waals surface area (Å²) in [5.41, 5.74) is 0.635. The number of carbonyl (C=O) groups excluding carboxylic acids is 1. The molecule has 0 aromatic rings. The van der Waals surface area contributed by atoms with Gasteiger partial charge in [0.2, 0.25) is 0 Å². The van der Waals surface area contributed by atoms with E-state index in [1.54, 1.807) is 32.8 Å². The molecule has 2 N–H and O–H groups in total. The number of nitrogens with zero attached hydrogens (tertiary/aromatic N) is 1. The third-order valence-electron chi connectivity index (χ3n) is 3.30. The second kappa shape index (κ2) is 6.74. The van der Waals surface area contributed by atoms with Crippen molar-refractivity contribution in [2.45, 2.75) is 33.2 Å². The number of rotatable bonds is 4. The number of aliphatic carboxylic acids is 1. The molecule has 6 heteroatoms. The molecule has 1 aliphatic heterocycles. The number of hydrogen-bond acceptors (Lipinski definition) is 3. The molecule has 1 atom stereocenters. The maximum Gasteiger partial charge on any atom is 0.326 e. The van der Waals surface area contributed by atoms with Crippen LogP contribution in [0, 0.1) is 5.41 Å². The molecule has 2 amide bonds. The van der Waals surface area contributed by atoms with Crippen LogP contribution < -0.4 is 5.32 Å². The fourth-order valence-corrected chi connectivity index (χ4v) is 2.08. The Labute approximate surface area is 119 Å². The lowest BCUT2D eigenvalue weighted by molar-refractivity contribution is -0.142. The minimum atomic E-state index is -1.02. The van der Waals surface area contributed by atoms with E-state index in [0.29, 0.717) is 19.7 Å². The van der Waals surface area contributed by atoms with Gasteiger partial charge in [-0.05, 0) is 17.4 Å². The molecule has 114 valence electrons. The molecule has 0 aromatic carbocycles. The number of methoxy groups -OCH3 is 1. The van der Waals surface area contributed by atoms with Crippen LogP contribution in [0.3, 0.4) is 0 Å². The SMILES string of the molecule is COCC1=CCN(C(=O)N[C@@H](C(=O)O)C(C)(C)C)CC1. The monoisotopic (exact) mass is 284 g/mol. The molecule has 0 bridgehead atoms. The number of carboxylic acid groups (broad SMARTS) is 1. The third kappa shape index (κ3) is 4.52. The molecule has 1 heterocycles. The normalized spacial score (nSPS) is 17.4.